The summed E-state index contributed by atoms with van der Waals surface area (Å²) in [5, 5.41) is 5.95. The highest BCUT2D eigenvalue weighted by Crippen LogP contribution is 2.28. The number of hydrogen-bond acceptors (Lipinski definition) is 6. The molecule has 1 saturated heterocycles. The second-order valence-corrected chi connectivity index (χ2v) is 7.60. The van der Waals surface area contributed by atoms with Crippen LogP contribution >= 0.6 is 11.3 Å². The molecule has 1 aromatic carbocycles. The predicted octanol–water partition coefficient (Wildman–Crippen LogP) is 4.01. The van der Waals surface area contributed by atoms with Crippen molar-refractivity contribution in [3.05, 3.63) is 71.1 Å². The number of aryl methyl sites for hydroxylation is 1. The van der Waals surface area contributed by atoms with Crippen LogP contribution in [0.3, 0.4) is 0 Å². The first-order chi connectivity index (χ1) is 13.7. The molecule has 1 aliphatic heterocycles. The number of anilines is 2. The van der Waals surface area contributed by atoms with Crippen LogP contribution in [0.1, 0.15) is 29.4 Å². The van der Waals surface area contributed by atoms with Gasteiger partial charge in [0.2, 0.25) is 5.91 Å². The first kappa shape index (κ1) is 18.3. The van der Waals surface area contributed by atoms with Gasteiger partial charge in [0, 0.05) is 42.7 Å². The first-order valence-electron chi connectivity index (χ1n) is 9.21. The number of nitrogens with one attached hydrogen (secondary N) is 1. The van der Waals surface area contributed by atoms with Crippen molar-refractivity contribution >= 4 is 34.3 Å². The Morgan fingerprint density at radius 3 is 2.93 bits per heavy atom. The molecule has 0 spiro atoms. The molecule has 0 radical (unpaired) electrons. The van der Waals surface area contributed by atoms with Crippen LogP contribution in [0.2, 0.25) is 0 Å². The highest BCUT2D eigenvalue weighted by molar-refractivity contribution is 7.13. The number of nitrogens with zero attached hydrogens (tertiary/aromatic N) is 4. The maximum atomic E-state index is 12.5. The summed E-state index contributed by atoms with van der Waals surface area (Å²) in [6.45, 7) is 3.29. The summed E-state index contributed by atoms with van der Waals surface area (Å²) >= 11 is 1.53. The lowest BCUT2D eigenvalue weighted by molar-refractivity contribution is -0.124. The lowest BCUT2D eigenvalue weighted by Gasteiger charge is -2.15. The molecule has 1 N–H and O–H groups in total. The van der Waals surface area contributed by atoms with E-state index >= 15 is 0 Å². The Kier molecular flexibility index (Phi) is 5.43. The fourth-order valence-corrected chi connectivity index (χ4v) is 3.83. The Labute approximate surface area is 168 Å². The maximum absolute atomic E-state index is 12.5. The standard InChI is InChI=1S/C21H21N5OS/c1-15-23-18(13-19(24-15)25-21-22-10-12-28-21)17-9-11-26(14-17)20(27)8-7-16-5-3-2-4-6-16/h2-8,10,12-13,17H,9,11,14H2,1H3,(H,22,23,24,25)/b8-7+/t17-/m1/s1. The molecule has 28 heavy (non-hydrogen) atoms. The van der Waals surface area contributed by atoms with E-state index in [0.29, 0.717) is 12.4 Å². The van der Waals surface area contributed by atoms with Gasteiger partial charge >= 0.3 is 0 Å². The molecule has 0 bridgehead atoms. The van der Waals surface area contributed by atoms with Gasteiger partial charge in [-0.05, 0) is 25.0 Å². The van der Waals surface area contributed by atoms with Crippen molar-refractivity contribution in [2.24, 2.45) is 0 Å². The Morgan fingerprint density at radius 2 is 2.14 bits per heavy atom. The van der Waals surface area contributed by atoms with Crippen molar-refractivity contribution in [1.29, 1.82) is 0 Å². The third-order valence-electron chi connectivity index (χ3n) is 4.66. The lowest BCUT2D eigenvalue weighted by atomic mass is 10.0. The molecule has 1 fully saturated rings. The topological polar surface area (TPSA) is 71.0 Å². The third-order valence-corrected chi connectivity index (χ3v) is 5.35. The molecule has 1 aliphatic rings. The second-order valence-electron chi connectivity index (χ2n) is 6.70. The maximum Gasteiger partial charge on any atom is 0.246 e. The number of carbonyl (C=O) groups excluding carboxylic acids is 1. The number of rotatable bonds is 5. The summed E-state index contributed by atoms with van der Waals surface area (Å²) in [5.41, 5.74) is 1.99. The van der Waals surface area contributed by atoms with Gasteiger partial charge in [-0.3, -0.25) is 4.79 Å². The molecule has 1 atom stereocenters. The van der Waals surface area contributed by atoms with E-state index in [2.05, 4.69) is 20.3 Å². The quantitative estimate of drug-likeness (QED) is 0.665. The van der Waals surface area contributed by atoms with Crippen molar-refractivity contribution in [2.45, 2.75) is 19.3 Å². The molecule has 0 saturated carbocycles. The average Bonchev–Trinajstić information content (AvgIpc) is 3.38. The van der Waals surface area contributed by atoms with E-state index in [4.69, 9.17) is 0 Å². The normalized spacial score (nSPS) is 16.6. The molecule has 0 unspecified atom stereocenters. The highest BCUT2D eigenvalue weighted by Gasteiger charge is 2.27. The van der Waals surface area contributed by atoms with E-state index < -0.39 is 0 Å². The van der Waals surface area contributed by atoms with Gasteiger partial charge in [-0.1, -0.05) is 30.3 Å². The summed E-state index contributed by atoms with van der Waals surface area (Å²) in [6, 6.07) is 11.8. The molecule has 2 aromatic heterocycles. The highest BCUT2D eigenvalue weighted by atomic mass is 32.1. The van der Waals surface area contributed by atoms with Crippen LogP contribution in [0.15, 0.2) is 54.1 Å². The van der Waals surface area contributed by atoms with E-state index in [1.54, 1.807) is 12.3 Å². The monoisotopic (exact) mass is 391 g/mol. The average molecular weight is 392 g/mol. The zero-order chi connectivity index (χ0) is 19.3. The molecule has 1 amide bonds. The zero-order valence-electron chi connectivity index (χ0n) is 15.6. The van der Waals surface area contributed by atoms with Gasteiger partial charge in [0.15, 0.2) is 5.13 Å². The smallest absolute Gasteiger partial charge is 0.246 e. The molecular weight excluding hydrogens is 370 g/mol. The van der Waals surface area contributed by atoms with Gasteiger partial charge in [0.25, 0.3) is 0 Å². The summed E-state index contributed by atoms with van der Waals surface area (Å²) in [5.74, 6) is 1.71. The molecule has 7 heteroatoms. The van der Waals surface area contributed by atoms with Crippen LogP contribution in [0.5, 0.6) is 0 Å². The van der Waals surface area contributed by atoms with Crippen molar-refractivity contribution in [3.63, 3.8) is 0 Å². The molecule has 6 nitrogen and oxygen atoms in total. The summed E-state index contributed by atoms with van der Waals surface area (Å²) in [6.07, 6.45) is 6.17. The number of amides is 1. The van der Waals surface area contributed by atoms with E-state index in [1.165, 1.54) is 11.3 Å². The van der Waals surface area contributed by atoms with E-state index in [-0.39, 0.29) is 11.8 Å². The SMILES string of the molecule is Cc1nc(Nc2nccs2)cc([C@@H]2CCN(C(=O)/C=C/c3ccccc3)C2)n1. The van der Waals surface area contributed by atoms with Gasteiger partial charge in [0.1, 0.15) is 11.6 Å². The van der Waals surface area contributed by atoms with Gasteiger partial charge < -0.3 is 10.2 Å². The Hall–Kier alpha value is -3.06. The number of benzene rings is 1. The van der Waals surface area contributed by atoms with Crippen LogP contribution in [0.25, 0.3) is 6.08 Å². The van der Waals surface area contributed by atoms with Gasteiger partial charge in [-0.2, -0.15) is 0 Å². The van der Waals surface area contributed by atoms with Crippen molar-refractivity contribution < 1.29 is 4.79 Å². The number of aromatic nitrogens is 3. The number of likely N-dealkylation sites (tertiary alicyclic amines) is 1. The minimum atomic E-state index is 0.0401. The van der Waals surface area contributed by atoms with Crippen molar-refractivity contribution in [3.8, 4) is 0 Å². The zero-order valence-corrected chi connectivity index (χ0v) is 16.4. The molecule has 4 rings (SSSR count). The minimum Gasteiger partial charge on any atom is -0.338 e. The Morgan fingerprint density at radius 1 is 1.29 bits per heavy atom. The second kappa shape index (κ2) is 8.31. The molecule has 142 valence electrons. The lowest BCUT2D eigenvalue weighted by Crippen LogP contribution is -2.26. The number of thiazole rings is 1. The van der Waals surface area contributed by atoms with E-state index in [9.17, 15) is 4.79 Å². The molecular formula is C21H21N5OS. The predicted molar refractivity (Wildman–Crippen MR) is 112 cm³/mol. The third kappa shape index (κ3) is 4.43. The van der Waals surface area contributed by atoms with E-state index in [1.807, 2.05) is 59.7 Å². The Balaban J connectivity index is 1.43. The largest absolute Gasteiger partial charge is 0.338 e. The number of carbonyl (C=O) groups is 1. The summed E-state index contributed by atoms with van der Waals surface area (Å²) in [4.78, 5) is 27.7. The molecule has 3 heterocycles. The van der Waals surface area contributed by atoms with Crippen molar-refractivity contribution in [1.82, 2.24) is 19.9 Å². The van der Waals surface area contributed by atoms with Crippen LogP contribution in [0.4, 0.5) is 10.9 Å². The fourth-order valence-electron chi connectivity index (χ4n) is 3.30. The van der Waals surface area contributed by atoms with Crippen LogP contribution < -0.4 is 5.32 Å². The fraction of sp³-hybridized carbons (Fsp3) is 0.238. The van der Waals surface area contributed by atoms with Crippen LogP contribution in [0, 0.1) is 6.92 Å². The van der Waals surface area contributed by atoms with Gasteiger partial charge in [0.05, 0.1) is 5.69 Å². The van der Waals surface area contributed by atoms with Gasteiger partial charge in [-0.15, -0.1) is 11.3 Å². The van der Waals surface area contributed by atoms with Crippen molar-refractivity contribution in [2.75, 3.05) is 18.4 Å². The Bertz CT molecular complexity index is 972. The first-order valence-corrected chi connectivity index (χ1v) is 10.1. The molecule has 0 aliphatic carbocycles. The van der Waals surface area contributed by atoms with Crippen LogP contribution in [-0.2, 0) is 4.79 Å². The van der Waals surface area contributed by atoms with E-state index in [0.717, 1.165) is 35.2 Å². The van der Waals surface area contributed by atoms with Crippen LogP contribution in [-0.4, -0.2) is 38.8 Å². The molecule has 3 aromatic rings. The van der Waals surface area contributed by atoms with Gasteiger partial charge in [-0.25, -0.2) is 15.0 Å². The summed E-state index contributed by atoms with van der Waals surface area (Å²) < 4.78 is 0. The minimum absolute atomic E-state index is 0.0401. The number of hydrogen-bond donors (Lipinski definition) is 1. The summed E-state index contributed by atoms with van der Waals surface area (Å²) in [7, 11) is 0.